The van der Waals surface area contributed by atoms with Gasteiger partial charge in [-0.25, -0.2) is 0 Å². The third-order valence-electron chi connectivity index (χ3n) is 7.76. The van der Waals surface area contributed by atoms with Crippen LogP contribution in [0.15, 0.2) is 48.5 Å². The molecule has 6 rings (SSSR count). The van der Waals surface area contributed by atoms with E-state index in [9.17, 15) is 0 Å². The Hall–Kier alpha value is -2.06. The molecule has 0 N–H and O–H groups in total. The summed E-state index contributed by atoms with van der Waals surface area (Å²) in [5, 5.41) is 0. The lowest BCUT2D eigenvalue weighted by Gasteiger charge is -2.15. The topological polar surface area (TPSA) is 0 Å². The molecule has 0 aliphatic rings. The largest absolute Gasteiger partial charge is 0.140 e. The van der Waals surface area contributed by atoms with Crippen LogP contribution in [0.25, 0.3) is 51.2 Å². The summed E-state index contributed by atoms with van der Waals surface area (Å²) in [7, 11) is 0. The van der Waals surface area contributed by atoms with Gasteiger partial charge in [0.2, 0.25) is 0 Å². The normalized spacial score (nSPS) is 12.7. The fraction of sp³-hybridized carbons (Fsp3) is 0.316. The highest BCUT2D eigenvalue weighted by molar-refractivity contribution is 7.30. The zero-order valence-corrected chi connectivity index (χ0v) is 32.1. The first-order chi connectivity index (χ1) is 20.7. The van der Waals surface area contributed by atoms with E-state index < -0.39 is 0 Å². The summed E-state index contributed by atoms with van der Waals surface area (Å²) >= 11 is 11.6. The van der Waals surface area contributed by atoms with Crippen molar-refractivity contribution < 1.29 is 0 Å². The predicted molar refractivity (Wildman–Crippen MR) is 207 cm³/mol. The molecule has 6 aromatic heterocycles. The van der Waals surface area contributed by atoms with Gasteiger partial charge >= 0.3 is 0 Å². The summed E-state index contributed by atoms with van der Waals surface area (Å²) in [6, 6.07) is 18.7. The first-order valence-corrected chi connectivity index (χ1v) is 19.9. The molecule has 6 aromatic rings. The van der Waals surface area contributed by atoms with Crippen molar-refractivity contribution in [3.8, 4) is 39.0 Å². The van der Waals surface area contributed by atoms with Crippen LogP contribution in [0.4, 0.5) is 0 Å². The van der Waals surface area contributed by atoms with Crippen molar-refractivity contribution in [2.45, 2.75) is 80.1 Å². The molecule has 0 unspecified atom stereocenters. The van der Waals surface area contributed by atoms with E-state index in [4.69, 9.17) is 0 Å². The van der Waals surface area contributed by atoms with Gasteiger partial charge < -0.3 is 0 Å². The minimum atomic E-state index is 0.191. The number of rotatable bonds is 6. The van der Waals surface area contributed by atoms with Crippen molar-refractivity contribution in [2.75, 3.05) is 0 Å². The van der Waals surface area contributed by atoms with Crippen molar-refractivity contribution in [3.05, 3.63) is 90.3 Å². The third kappa shape index (κ3) is 6.44. The Labute approximate surface area is 287 Å². The maximum absolute atomic E-state index is 2.39. The van der Waals surface area contributed by atoms with E-state index in [-0.39, 0.29) is 10.8 Å². The Bertz CT molecular complexity index is 1970. The zero-order valence-electron chi connectivity index (χ0n) is 27.2. The number of hydrogen-bond donors (Lipinski definition) is 0. The molecule has 0 spiro atoms. The number of aryl methyl sites for hydroxylation is 4. The predicted octanol–water partition coefficient (Wildman–Crippen LogP) is 14.7. The van der Waals surface area contributed by atoms with E-state index >= 15 is 0 Å². The Morgan fingerprint density at radius 1 is 0.409 bits per heavy atom. The SMILES string of the molecule is Cc1cc(-c2ccc(-c3sc(-c4cc(C)c(-c5ccc(C(C)(C)C)s5)s4)cc3C)s2)sc1C=Cc1sc(C(C)(C)C)cc1C. The van der Waals surface area contributed by atoms with E-state index in [0.29, 0.717) is 0 Å². The molecule has 0 aliphatic carbocycles. The molecule has 0 saturated heterocycles. The van der Waals surface area contributed by atoms with Gasteiger partial charge in [0, 0.05) is 58.5 Å². The minimum Gasteiger partial charge on any atom is -0.140 e. The fourth-order valence-electron chi connectivity index (χ4n) is 5.12. The molecule has 0 saturated carbocycles. The molecular weight excluding hydrogens is 649 g/mol. The van der Waals surface area contributed by atoms with Crippen molar-refractivity contribution in [1.82, 2.24) is 0 Å². The van der Waals surface area contributed by atoms with Crippen LogP contribution < -0.4 is 0 Å². The fourth-order valence-corrected chi connectivity index (χ4v) is 12.2. The maximum Gasteiger partial charge on any atom is 0.0478 e. The quantitative estimate of drug-likeness (QED) is 0.163. The number of hydrogen-bond acceptors (Lipinski definition) is 6. The van der Waals surface area contributed by atoms with Crippen molar-refractivity contribution in [1.29, 1.82) is 0 Å². The highest BCUT2D eigenvalue weighted by Gasteiger charge is 2.21. The number of thiophene rings is 6. The molecular formula is C38H40S6. The van der Waals surface area contributed by atoms with Crippen LogP contribution >= 0.6 is 68.0 Å². The lowest BCUT2D eigenvalue weighted by atomic mass is 9.94. The molecule has 0 fully saturated rings. The summed E-state index contributed by atoms with van der Waals surface area (Å²) in [4.78, 5) is 16.6. The van der Waals surface area contributed by atoms with E-state index in [1.165, 1.54) is 80.8 Å². The summed E-state index contributed by atoms with van der Waals surface area (Å²) in [5.41, 5.74) is 5.84. The van der Waals surface area contributed by atoms with Crippen LogP contribution in [0.2, 0.25) is 0 Å². The molecule has 0 aliphatic heterocycles. The third-order valence-corrected chi connectivity index (χ3v) is 16.4. The summed E-state index contributed by atoms with van der Waals surface area (Å²) in [6.07, 6.45) is 4.63. The molecule has 6 heterocycles. The summed E-state index contributed by atoms with van der Waals surface area (Å²) < 4.78 is 0. The van der Waals surface area contributed by atoms with E-state index in [1.54, 1.807) is 0 Å². The Morgan fingerprint density at radius 2 is 0.864 bits per heavy atom. The molecule has 6 heteroatoms. The molecule has 44 heavy (non-hydrogen) atoms. The van der Waals surface area contributed by atoms with Gasteiger partial charge in [0.05, 0.1) is 0 Å². The Balaban J connectivity index is 1.23. The highest BCUT2D eigenvalue weighted by Crippen LogP contribution is 2.48. The first kappa shape index (κ1) is 31.9. The van der Waals surface area contributed by atoms with Crippen LogP contribution in [0.3, 0.4) is 0 Å². The Morgan fingerprint density at radius 3 is 1.41 bits per heavy atom. The van der Waals surface area contributed by atoms with Gasteiger partial charge in [-0.05, 0) is 121 Å². The van der Waals surface area contributed by atoms with Gasteiger partial charge in [0.15, 0.2) is 0 Å². The van der Waals surface area contributed by atoms with Crippen molar-refractivity contribution in [3.63, 3.8) is 0 Å². The van der Waals surface area contributed by atoms with Gasteiger partial charge in [0.1, 0.15) is 0 Å². The smallest absolute Gasteiger partial charge is 0.0478 e. The minimum absolute atomic E-state index is 0.191. The molecule has 0 atom stereocenters. The van der Waals surface area contributed by atoms with Gasteiger partial charge in [-0.1, -0.05) is 41.5 Å². The lowest BCUT2D eigenvalue weighted by molar-refractivity contribution is 0.603. The van der Waals surface area contributed by atoms with E-state index in [2.05, 4.69) is 130 Å². The second-order valence-electron chi connectivity index (χ2n) is 13.7. The average molecular weight is 689 g/mol. The molecule has 0 aromatic carbocycles. The van der Waals surface area contributed by atoms with Gasteiger partial charge in [0.25, 0.3) is 0 Å². The highest BCUT2D eigenvalue weighted by atomic mass is 32.1. The molecule has 0 radical (unpaired) electrons. The van der Waals surface area contributed by atoms with Crippen LogP contribution in [-0.4, -0.2) is 0 Å². The van der Waals surface area contributed by atoms with Crippen LogP contribution in [0.5, 0.6) is 0 Å². The van der Waals surface area contributed by atoms with Crippen molar-refractivity contribution in [2.24, 2.45) is 0 Å². The second kappa shape index (κ2) is 11.9. The van der Waals surface area contributed by atoms with Gasteiger partial charge in [-0.2, -0.15) is 0 Å². The standard InChI is InChI=1S/C38H40S6/c1-21-17-30(39-25(21)11-12-26-22(2)20-34(41-26)38(8,9)10)27-13-14-28(40-27)35-23(3)18-31(43-35)32-19-24(4)36(44-32)29-15-16-33(42-29)37(5,6)7/h11-20H,1-10H3. The van der Waals surface area contributed by atoms with Crippen LogP contribution in [-0.2, 0) is 10.8 Å². The van der Waals surface area contributed by atoms with Crippen LogP contribution in [0.1, 0.15) is 83.3 Å². The van der Waals surface area contributed by atoms with E-state index in [0.717, 1.165) is 0 Å². The lowest BCUT2D eigenvalue weighted by Crippen LogP contribution is -2.07. The van der Waals surface area contributed by atoms with Gasteiger partial charge in [-0.15, -0.1) is 68.0 Å². The first-order valence-electron chi connectivity index (χ1n) is 15.0. The average Bonchev–Trinajstić information content (AvgIpc) is 3.75. The van der Waals surface area contributed by atoms with Crippen molar-refractivity contribution >= 4 is 80.2 Å². The monoisotopic (exact) mass is 688 g/mol. The molecule has 0 bridgehead atoms. The zero-order chi connectivity index (χ0) is 31.6. The van der Waals surface area contributed by atoms with Gasteiger partial charge in [-0.3, -0.25) is 0 Å². The summed E-state index contributed by atoms with van der Waals surface area (Å²) in [5.74, 6) is 0. The Kier molecular flexibility index (Phi) is 8.66. The van der Waals surface area contributed by atoms with E-state index in [1.807, 2.05) is 68.0 Å². The molecule has 0 amide bonds. The second-order valence-corrected chi connectivity index (χ2v) is 20.2. The maximum atomic E-state index is 2.39. The van der Waals surface area contributed by atoms with Crippen LogP contribution in [0, 0.1) is 27.7 Å². The summed E-state index contributed by atoms with van der Waals surface area (Å²) in [6.45, 7) is 22.8. The molecule has 228 valence electrons. The molecule has 0 nitrogen and oxygen atoms in total.